The average molecular weight is 215 g/mol. The lowest BCUT2D eigenvalue weighted by molar-refractivity contribution is -0.169. The third-order valence-electron chi connectivity index (χ3n) is 3.81. The third-order valence-corrected chi connectivity index (χ3v) is 3.81. The van der Waals surface area contributed by atoms with Crippen LogP contribution in [-0.2, 0) is 9.53 Å². The fourth-order valence-electron chi connectivity index (χ4n) is 2.32. The summed E-state index contributed by atoms with van der Waals surface area (Å²) in [6.07, 6.45) is 1.22. The van der Waals surface area contributed by atoms with Crippen molar-refractivity contribution in [1.82, 2.24) is 4.90 Å². The normalized spacial score (nSPS) is 31.3. The van der Waals surface area contributed by atoms with Gasteiger partial charge in [-0.1, -0.05) is 6.92 Å². The summed E-state index contributed by atoms with van der Waals surface area (Å²) in [5.41, 5.74) is -1.75. The molecule has 0 saturated carbocycles. The summed E-state index contributed by atoms with van der Waals surface area (Å²) in [4.78, 5) is 13.8. The van der Waals surface area contributed by atoms with Crippen LogP contribution in [0.5, 0.6) is 0 Å². The van der Waals surface area contributed by atoms with Crippen molar-refractivity contribution in [2.24, 2.45) is 5.41 Å². The van der Waals surface area contributed by atoms with E-state index in [0.717, 1.165) is 6.54 Å². The van der Waals surface area contributed by atoms with Crippen molar-refractivity contribution in [1.29, 1.82) is 0 Å². The number of esters is 1. The number of aliphatic hydroxyl groups is 1. The predicted octanol–water partition coefficient (Wildman–Crippen LogP) is 0.642. The van der Waals surface area contributed by atoms with Crippen LogP contribution in [0, 0.1) is 5.41 Å². The van der Waals surface area contributed by atoms with Gasteiger partial charge in [-0.2, -0.15) is 0 Å². The van der Waals surface area contributed by atoms with Gasteiger partial charge in [0.2, 0.25) is 0 Å². The molecule has 4 heteroatoms. The molecular weight excluding hydrogens is 194 g/mol. The molecule has 1 aliphatic heterocycles. The number of β-amino-alcohol motifs (C(OH)–C–C–N with tert-alkyl or cyclic N) is 1. The first-order chi connectivity index (χ1) is 6.89. The number of likely N-dealkylation sites (tertiary alicyclic amines) is 1. The first-order valence-electron chi connectivity index (χ1n) is 5.39. The quantitative estimate of drug-likeness (QED) is 0.702. The van der Waals surface area contributed by atoms with Crippen molar-refractivity contribution in [2.75, 3.05) is 27.2 Å². The minimum absolute atomic E-state index is 0.317. The van der Waals surface area contributed by atoms with Crippen LogP contribution in [0.15, 0.2) is 0 Å². The molecule has 1 heterocycles. The third kappa shape index (κ3) is 1.88. The van der Waals surface area contributed by atoms with Gasteiger partial charge in [0, 0.05) is 13.1 Å². The van der Waals surface area contributed by atoms with Crippen molar-refractivity contribution in [2.45, 2.75) is 32.3 Å². The molecule has 88 valence electrons. The van der Waals surface area contributed by atoms with Gasteiger partial charge in [-0.15, -0.1) is 0 Å². The Kier molecular flexibility index (Phi) is 3.41. The monoisotopic (exact) mass is 215 g/mol. The lowest BCUT2D eigenvalue weighted by Gasteiger charge is -2.39. The van der Waals surface area contributed by atoms with E-state index in [4.69, 9.17) is 4.74 Å². The zero-order chi connectivity index (χ0) is 11.7. The van der Waals surface area contributed by atoms with Crippen LogP contribution in [-0.4, -0.2) is 48.8 Å². The molecule has 0 aromatic carbocycles. The van der Waals surface area contributed by atoms with E-state index in [1.165, 1.54) is 7.11 Å². The van der Waals surface area contributed by atoms with Gasteiger partial charge in [-0.25, -0.2) is 0 Å². The van der Waals surface area contributed by atoms with Crippen molar-refractivity contribution < 1.29 is 14.6 Å². The lowest BCUT2D eigenvalue weighted by atomic mass is 9.70. The van der Waals surface area contributed by atoms with E-state index in [-0.39, 0.29) is 5.97 Å². The highest BCUT2D eigenvalue weighted by atomic mass is 16.5. The number of hydrogen-bond acceptors (Lipinski definition) is 4. The summed E-state index contributed by atoms with van der Waals surface area (Å²) >= 11 is 0. The number of likely N-dealkylation sites (N-methyl/N-ethyl adjacent to an activating group) is 1. The second-order valence-corrected chi connectivity index (χ2v) is 4.70. The van der Waals surface area contributed by atoms with Crippen LogP contribution in [0.3, 0.4) is 0 Å². The summed E-state index contributed by atoms with van der Waals surface area (Å²) < 4.78 is 4.80. The Labute approximate surface area is 91.2 Å². The Hall–Kier alpha value is -0.610. The average Bonchev–Trinajstić information content (AvgIpc) is 2.57. The fraction of sp³-hybridized carbons (Fsp3) is 0.909. The molecule has 2 atom stereocenters. The number of carbonyl (C=O) groups excluding carboxylic acids is 1. The molecule has 0 radical (unpaired) electrons. The molecule has 0 amide bonds. The Bertz CT molecular complexity index is 256. The van der Waals surface area contributed by atoms with E-state index in [9.17, 15) is 9.90 Å². The highest BCUT2D eigenvalue weighted by Gasteiger charge is 2.54. The van der Waals surface area contributed by atoms with Crippen LogP contribution >= 0.6 is 0 Å². The standard InChI is InChI=1S/C11H21NO3/c1-5-10(2,9(13)15-4)11(14)6-7-12(3)8-11/h14H,5-8H2,1-4H3. The van der Waals surface area contributed by atoms with E-state index in [1.807, 2.05) is 18.9 Å². The van der Waals surface area contributed by atoms with E-state index in [0.29, 0.717) is 19.4 Å². The topological polar surface area (TPSA) is 49.8 Å². The zero-order valence-electron chi connectivity index (χ0n) is 10.0. The van der Waals surface area contributed by atoms with Gasteiger partial charge in [0.25, 0.3) is 0 Å². The zero-order valence-corrected chi connectivity index (χ0v) is 10.0. The van der Waals surface area contributed by atoms with Crippen LogP contribution in [0.1, 0.15) is 26.7 Å². The second-order valence-electron chi connectivity index (χ2n) is 4.70. The van der Waals surface area contributed by atoms with Gasteiger partial charge in [0.15, 0.2) is 0 Å². The fourth-order valence-corrected chi connectivity index (χ4v) is 2.32. The smallest absolute Gasteiger partial charge is 0.314 e. The number of ether oxygens (including phenoxy) is 1. The molecule has 0 aromatic heterocycles. The van der Waals surface area contributed by atoms with Gasteiger partial charge >= 0.3 is 5.97 Å². The maximum absolute atomic E-state index is 11.8. The van der Waals surface area contributed by atoms with Crippen LogP contribution in [0.4, 0.5) is 0 Å². The Morgan fingerprint density at radius 3 is 2.60 bits per heavy atom. The molecule has 0 aliphatic carbocycles. The first-order valence-corrected chi connectivity index (χ1v) is 5.39. The van der Waals surface area contributed by atoms with Gasteiger partial charge in [-0.05, 0) is 26.8 Å². The van der Waals surface area contributed by atoms with Crippen molar-refractivity contribution in [3.63, 3.8) is 0 Å². The minimum Gasteiger partial charge on any atom is -0.469 e. The SMILES string of the molecule is CCC(C)(C(=O)OC)C1(O)CCN(C)C1. The van der Waals surface area contributed by atoms with Gasteiger partial charge in [-0.3, -0.25) is 4.79 Å². The van der Waals surface area contributed by atoms with Gasteiger partial charge < -0.3 is 14.7 Å². The largest absolute Gasteiger partial charge is 0.469 e. The van der Waals surface area contributed by atoms with E-state index in [1.54, 1.807) is 6.92 Å². The Balaban J connectivity index is 2.95. The molecule has 1 saturated heterocycles. The number of hydrogen-bond donors (Lipinski definition) is 1. The molecule has 2 unspecified atom stereocenters. The predicted molar refractivity (Wildman–Crippen MR) is 57.5 cm³/mol. The molecule has 0 spiro atoms. The molecule has 1 N–H and O–H groups in total. The highest BCUT2D eigenvalue weighted by Crippen LogP contribution is 2.41. The first kappa shape index (κ1) is 12.5. The summed E-state index contributed by atoms with van der Waals surface area (Å²) in [6, 6.07) is 0. The summed E-state index contributed by atoms with van der Waals surface area (Å²) in [5.74, 6) is -0.317. The van der Waals surface area contributed by atoms with E-state index >= 15 is 0 Å². The number of rotatable bonds is 3. The second kappa shape index (κ2) is 4.10. The highest BCUT2D eigenvalue weighted by molar-refractivity contribution is 5.78. The van der Waals surface area contributed by atoms with Crippen molar-refractivity contribution in [3.8, 4) is 0 Å². The van der Waals surface area contributed by atoms with Crippen LogP contribution in [0.25, 0.3) is 0 Å². The molecule has 15 heavy (non-hydrogen) atoms. The number of methoxy groups -OCH3 is 1. The summed E-state index contributed by atoms with van der Waals surface area (Å²) in [6.45, 7) is 5.06. The van der Waals surface area contributed by atoms with Gasteiger partial charge in [0.1, 0.15) is 0 Å². The molecule has 1 fully saturated rings. The molecule has 1 aliphatic rings. The molecular formula is C11H21NO3. The van der Waals surface area contributed by atoms with E-state index in [2.05, 4.69) is 0 Å². The number of carbonyl (C=O) groups is 1. The molecule has 4 nitrogen and oxygen atoms in total. The minimum atomic E-state index is -0.955. The molecule has 0 aromatic rings. The van der Waals surface area contributed by atoms with E-state index < -0.39 is 11.0 Å². The van der Waals surface area contributed by atoms with Crippen LogP contribution < -0.4 is 0 Å². The molecule has 1 rings (SSSR count). The summed E-state index contributed by atoms with van der Waals surface area (Å²) in [7, 11) is 3.32. The maximum Gasteiger partial charge on any atom is 0.314 e. The van der Waals surface area contributed by atoms with Gasteiger partial charge in [0.05, 0.1) is 18.1 Å². The molecule has 0 bridgehead atoms. The van der Waals surface area contributed by atoms with Crippen molar-refractivity contribution >= 4 is 5.97 Å². The lowest BCUT2D eigenvalue weighted by Crippen LogP contribution is -2.53. The van der Waals surface area contributed by atoms with Crippen LogP contribution in [0.2, 0.25) is 0 Å². The summed E-state index contributed by atoms with van der Waals surface area (Å²) in [5, 5.41) is 10.5. The maximum atomic E-state index is 11.8. The Morgan fingerprint density at radius 2 is 2.27 bits per heavy atom. The Morgan fingerprint density at radius 1 is 1.67 bits per heavy atom. The van der Waals surface area contributed by atoms with Crippen molar-refractivity contribution in [3.05, 3.63) is 0 Å². The number of nitrogens with zero attached hydrogens (tertiary/aromatic N) is 1.